The average molecular weight is 369 g/mol. The van der Waals surface area contributed by atoms with Crippen molar-refractivity contribution in [1.29, 1.82) is 0 Å². The highest BCUT2D eigenvalue weighted by Crippen LogP contribution is 2.28. The van der Waals surface area contributed by atoms with Gasteiger partial charge < -0.3 is 20.3 Å². The molecule has 2 amide bonds. The normalized spacial score (nSPS) is 26.1. The first-order chi connectivity index (χ1) is 13.1. The summed E-state index contributed by atoms with van der Waals surface area (Å²) in [4.78, 5) is 30.3. The van der Waals surface area contributed by atoms with Crippen LogP contribution in [0.3, 0.4) is 0 Å². The number of H-pyrrole nitrogens is 1. The lowest BCUT2D eigenvalue weighted by Gasteiger charge is -2.36. The van der Waals surface area contributed by atoms with E-state index in [0.29, 0.717) is 24.8 Å². The van der Waals surface area contributed by atoms with Crippen molar-refractivity contribution in [2.75, 3.05) is 13.1 Å². The molecule has 144 valence electrons. The van der Waals surface area contributed by atoms with Gasteiger partial charge in [0.05, 0.1) is 12.1 Å². The van der Waals surface area contributed by atoms with E-state index in [9.17, 15) is 14.7 Å². The van der Waals surface area contributed by atoms with Crippen LogP contribution in [0, 0.1) is 5.92 Å². The lowest BCUT2D eigenvalue weighted by atomic mass is 9.82. The Morgan fingerprint density at radius 1 is 1.11 bits per heavy atom. The quantitative estimate of drug-likeness (QED) is 0.777. The van der Waals surface area contributed by atoms with Gasteiger partial charge in [-0.25, -0.2) is 0 Å². The van der Waals surface area contributed by atoms with E-state index >= 15 is 0 Å². The van der Waals surface area contributed by atoms with Crippen molar-refractivity contribution in [3.63, 3.8) is 0 Å². The van der Waals surface area contributed by atoms with Crippen LogP contribution in [0.5, 0.6) is 0 Å². The third-order valence-electron chi connectivity index (χ3n) is 5.97. The highest BCUT2D eigenvalue weighted by atomic mass is 16.3. The van der Waals surface area contributed by atoms with Crippen molar-refractivity contribution < 1.29 is 14.7 Å². The maximum atomic E-state index is 12.7. The number of carbonyl (C=O) groups is 2. The molecular formula is C21H27N3O3. The fraction of sp³-hybridized carbons (Fsp3) is 0.524. The number of aliphatic hydroxyl groups is 1. The minimum Gasteiger partial charge on any atom is -0.391 e. The maximum absolute atomic E-state index is 12.7. The summed E-state index contributed by atoms with van der Waals surface area (Å²) in [7, 11) is 0. The third kappa shape index (κ3) is 3.86. The second-order valence-electron chi connectivity index (χ2n) is 7.82. The summed E-state index contributed by atoms with van der Waals surface area (Å²) in [6.45, 7) is 1.68. The van der Waals surface area contributed by atoms with Crippen LogP contribution in [0.25, 0.3) is 10.9 Å². The molecule has 6 heteroatoms. The summed E-state index contributed by atoms with van der Waals surface area (Å²) < 4.78 is 0. The predicted molar refractivity (Wildman–Crippen MR) is 103 cm³/mol. The molecule has 0 spiro atoms. The fourth-order valence-electron chi connectivity index (χ4n) is 4.36. The van der Waals surface area contributed by atoms with Crippen LogP contribution >= 0.6 is 0 Å². The molecule has 2 fully saturated rings. The van der Waals surface area contributed by atoms with E-state index in [1.165, 1.54) is 6.42 Å². The molecule has 1 saturated heterocycles. The van der Waals surface area contributed by atoms with Crippen molar-refractivity contribution in [3.05, 3.63) is 36.0 Å². The highest BCUT2D eigenvalue weighted by Gasteiger charge is 2.35. The van der Waals surface area contributed by atoms with Gasteiger partial charge in [-0.2, -0.15) is 0 Å². The highest BCUT2D eigenvalue weighted by molar-refractivity contribution is 5.98. The summed E-state index contributed by atoms with van der Waals surface area (Å²) in [6.07, 6.45) is 6.28. The lowest BCUT2D eigenvalue weighted by Crippen LogP contribution is -2.50. The van der Waals surface area contributed by atoms with E-state index in [-0.39, 0.29) is 23.8 Å². The fourth-order valence-corrected chi connectivity index (χ4v) is 4.36. The molecule has 3 atom stereocenters. The summed E-state index contributed by atoms with van der Waals surface area (Å²) in [6, 6.07) is 7.14. The number of aromatic amines is 1. The number of aliphatic hydroxyl groups excluding tert-OH is 1. The Bertz CT molecular complexity index is 825. The summed E-state index contributed by atoms with van der Waals surface area (Å²) in [5, 5.41) is 14.5. The number of fused-ring (bicyclic) bond motifs is 1. The van der Waals surface area contributed by atoms with E-state index in [4.69, 9.17) is 0 Å². The van der Waals surface area contributed by atoms with Crippen molar-refractivity contribution in [3.8, 4) is 0 Å². The Morgan fingerprint density at radius 2 is 1.93 bits per heavy atom. The first kappa shape index (κ1) is 18.0. The second kappa shape index (κ2) is 7.72. The van der Waals surface area contributed by atoms with Crippen molar-refractivity contribution in [2.45, 2.75) is 50.7 Å². The third-order valence-corrected chi connectivity index (χ3v) is 5.97. The molecule has 1 aliphatic carbocycles. The van der Waals surface area contributed by atoms with Crippen LogP contribution in [0.2, 0.25) is 0 Å². The number of nitrogens with zero attached hydrogens (tertiary/aromatic N) is 1. The first-order valence-corrected chi connectivity index (χ1v) is 9.96. The van der Waals surface area contributed by atoms with E-state index in [2.05, 4.69) is 10.3 Å². The standard InChI is InChI=1S/C21H27N3O3/c25-19-13-16(21(27)24-10-2-1-3-11-24)5-7-18(19)23-20(26)15-4-6-17-14(12-15)8-9-22-17/h4,6,8-9,12,16,18-19,22,25H,1-3,5,7,10-11,13H2,(H,23,26)/t16-,18-,19-/m0/s1. The molecule has 2 aromatic rings. The Labute approximate surface area is 158 Å². The average Bonchev–Trinajstić information content (AvgIpc) is 3.17. The number of amides is 2. The van der Waals surface area contributed by atoms with E-state index in [0.717, 1.165) is 36.8 Å². The molecule has 1 saturated carbocycles. The number of nitrogens with one attached hydrogen (secondary N) is 2. The molecule has 3 N–H and O–H groups in total. The molecule has 2 aliphatic rings. The van der Waals surface area contributed by atoms with Gasteiger partial charge >= 0.3 is 0 Å². The van der Waals surface area contributed by atoms with Gasteiger partial charge in [-0.05, 0) is 62.8 Å². The number of hydrogen-bond donors (Lipinski definition) is 3. The first-order valence-electron chi connectivity index (χ1n) is 9.96. The number of likely N-dealkylation sites (tertiary alicyclic amines) is 1. The minimum atomic E-state index is -0.683. The lowest BCUT2D eigenvalue weighted by molar-refractivity contribution is -0.139. The molecular weight excluding hydrogens is 342 g/mol. The number of piperidine rings is 1. The van der Waals surface area contributed by atoms with Gasteiger partial charge in [0.25, 0.3) is 5.91 Å². The van der Waals surface area contributed by atoms with E-state index in [1.807, 2.05) is 29.3 Å². The summed E-state index contributed by atoms with van der Waals surface area (Å²) in [5.41, 5.74) is 1.57. The zero-order chi connectivity index (χ0) is 18.8. The smallest absolute Gasteiger partial charge is 0.251 e. The van der Waals surface area contributed by atoms with Crippen LogP contribution in [0.4, 0.5) is 0 Å². The zero-order valence-corrected chi connectivity index (χ0v) is 15.5. The van der Waals surface area contributed by atoms with Gasteiger partial charge in [0, 0.05) is 41.7 Å². The number of aromatic nitrogens is 1. The Morgan fingerprint density at radius 3 is 2.70 bits per heavy atom. The van der Waals surface area contributed by atoms with Gasteiger partial charge in [-0.15, -0.1) is 0 Å². The Kier molecular flexibility index (Phi) is 5.16. The molecule has 1 aromatic carbocycles. The molecule has 0 bridgehead atoms. The zero-order valence-electron chi connectivity index (χ0n) is 15.5. The van der Waals surface area contributed by atoms with Crippen LogP contribution in [0.15, 0.2) is 30.5 Å². The summed E-state index contributed by atoms with van der Waals surface area (Å²) in [5.74, 6) is -0.123. The second-order valence-corrected chi connectivity index (χ2v) is 7.82. The number of carbonyl (C=O) groups excluding carboxylic acids is 2. The largest absolute Gasteiger partial charge is 0.391 e. The van der Waals surface area contributed by atoms with Gasteiger partial charge in [0.1, 0.15) is 0 Å². The topological polar surface area (TPSA) is 85.4 Å². The van der Waals surface area contributed by atoms with Crippen molar-refractivity contribution >= 4 is 22.7 Å². The van der Waals surface area contributed by atoms with Gasteiger partial charge in [-0.3, -0.25) is 9.59 Å². The van der Waals surface area contributed by atoms with Crippen LogP contribution in [0.1, 0.15) is 48.9 Å². The van der Waals surface area contributed by atoms with Gasteiger partial charge in [-0.1, -0.05) is 0 Å². The predicted octanol–water partition coefficient (Wildman–Crippen LogP) is 2.44. The summed E-state index contributed by atoms with van der Waals surface area (Å²) >= 11 is 0. The molecule has 0 radical (unpaired) electrons. The van der Waals surface area contributed by atoms with Crippen LogP contribution in [-0.4, -0.2) is 52.0 Å². The Hall–Kier alpha value is -2.34. The number of benzene rings is 1. The van der Waals surface area contributed by atoms with Crippen molar-refractivity contribution in [1.82, 2.24) is 15.2 Å². The Balaban J connectivity index is 1.35. The van der Waals surface area contributed by atoms with Gasteiger partial charge in [0.2, 0.25) is 5.91 Å². The van der Waals surface area contributed by atoms with E-state index in [1.54, 1.807) is 6.07 Å². The van der Waals surface area contributed by atoms with Crippen LogP contribution in [-0.2, 0) is 4.79 Å². The molecule has 2 heterocycles. The van der Waals surface area contributed by atoms with E-state index < -0.39 is 6.10 Å². The number of rotatable bonds is 3. The molecule has 27 heavy (non-hydrogen) atoms. The van der Waals surface area contributed by atoms with Crippen molar-refractivity contribution in [2.24, 2.45) is 5.92 Å². The molecule has 6 nitrogen and oxygen atoms in total. The maximum Gasteiger partial charge on any atom is 0.251 e. The minimum absolute atomic E-state index is 0.123. The molecule has 1 aromatic heterocycles. The SMILES string of the molecule is O=C(N[C@H]1CC[C@H](C(=O)N2CCCCC2)C[C@@H]1O)c1ccc2[nH]ccc2c1. The molecule has 0 unspecified atom stereocenters. The monoisotopic (exact) mass is 369 g/mol. The van der Waals surface area contributed by atoms with Gasteiger partial charge in [0.15, 0.2) is 0 Å². The van der Waals surface area contributed by atoms with Crippen LogP contribution < -0.4 is 5.32 Å². The molecule has 1 aliphatic heterocycles. The number of hydrogen-bond acceptors (Lipinski definition) is 3. The molecule has 4 rings (SSSR count).